The van der Waals surface area contributed by atoms with Crippen LogP contribution in [0.25, 0.3) is 0 Å². The average Bonchev–Trinajstić information content (AvgIpc) is 2.55. The van der Waals surface area contributed by atoms with Crippen LogP contribution in [0.1, 0.15) is 31.6 Å². The summed E-state index contributed by atoms with van der Waals surface area (Å²) >= 11 is 0. The van der Waals surface area contributed by atoms with E-state index < -0.39 is 24.5 Å². The molecule has 3 rings (SSSR count). The molecular weight excluding hydrogens is 284 g/mol. The zero-order chi connectivity index (χ0) is 15.4. The minimum absolute atomic E-state index is 0.296. The van der Waals surface area contributed by atoms with Gasteiger partial charge in [0.25, 0.3) is 0 Å². The molecule has 5 heteroatoms. The molecule has 2 aliphatic rings. The Morgan fingerprint density at radius 2 is 2.09 bits per heavy atom. The van der Waals surface area contributed by atoms with Crippen LogP contribution in [0.15, 0.2) is 42.2 Å². The van der Waals surface area contributed by atoms with E-state index in [4.69, 9.17) is 18.9 Å². The molecule has 2 heterocycles. The highest BCUT2D eigenvalue weighted by Gasteiger charge is 2.41. The molecule has 2 aliphatic heterocycles. The number of fused-ring (bicyclic) bond motifs is 1. The Labute approximate surface area is 129 Å². The van der Waals surface area contributed by atoms with Gasteiger partial charge < -0.3 is 18.9 Å². The number of hydrogen-bond donors (Lipinski definition) is 0. The van der Waals surface area contributed by atoms with Crippen molar-refractivity contribution in [2.24, 2.45) is 0 Å². The SMILES string of the molecule is CCCCOC1=CC(=O)OC2COC(c3ccccc3)OC12. The van der Waals surface area contributed by atoms with Crippen molar-refractivity contribution in [1.82, 2.24) is 0 Å². The first-order chi connectivity index (χ1) is 10.8. The molecule has 1 aromatic rings. The molecule has 0 saturated carbocycles. The fraction of sp³-hybridized carbons (Fsp3) is 0.471. The van der Waals surface area contributed by atoms with E-state index in [0.717, 1.165) is 18.4 Å². The fourth-order valence-corrected chi connectivity index (χ4v) is 2.50. The molecule has 1 aromatic carbocycles. The van der Waals surface area contributed by atoms with Gasteiger partial charge in [0.05, 0.1) is 19.3 Å². The molecule has 3 atom stereocenters. The van der Waals surface area contributed by atoms with Crippen molar-refractivity contribution in [3.8, 4) is 0 Å². The van der Waals surface area contributed by atoms with Crippen LogP contribution in [0.3, 0.4) is 0 Å². The van der Waals surface area contributed by atoms with Crippen molar-refractivity contribution in [3.05, 3.63) is 47.7 Å². The van der Waals surface area contributed by atoms with E-state index in [-0.39, 0.29) is 0 Å². The number of carbonyl (C=O) groups is 1. The molecule has 0 aromatic heterocycles. The number of hydrogen-bond acceptors (Lipinski definition) is 5. The van der Waals surface area contributed by atoms with Crippen LogP contribution < -0.4 is 0 Å². The molecule has 0 amide bonds. The summed E-state index contributed by atoms with van der Waals surface area (Å²) in [4.78, 5) is 11.6. The molecule has 1 fully saturated rings. The standard InChI is InChI=1S/C17H20O5/c1-2-3-9-19-13-10-15(18)21-14-11-20-17(22-16(13)14)12-7-5-4-6-8-12/h4-8,10,14,16-17H,2-3,9,11H2,1H3. The molecule has 5 nitrogen and oxygen atoms in total. The lowest BCUT2D eigenvalue weighted by Gasteiger charge is -2.38. The Balaban J connectivity index is 1.73. The molecule has 0 N–H and O–H groups in total. The first kappa shape index (κ1) is 15.1. The number of rotatable bonds is 5. The second kappa shape index (κ2) is 6.94. The monoisotopic (exact) mass is 304 g/mol. The van der Waals surface area contributed by atoms with Gasteiger partial charge in [0.2, 0.25) is 0 Å². The van der Waals surface area contributed by atoms with Crippen LogP contribution in [-0.4, -0.2) is 31.4 Å². The highest BCUT2D eigenvalue weighted by Crippen LogP contribution is 2.33. The number of carbonyl (C=O) groups excluding carboxylic acids is 1. The van der Waals surface area contributed by atoms with E-state index >= 15 is 0 Å². The Hall–Kier alpha value is -1.85. The minimum atomic E-state index is -0.475. The second-order valence-electron chi connectivity index (χ2n) is 5.36. The van der Waals surface area contributed by atoms with Crippen LogP contribution in [0, 0.1) is 0 Å². The summed E-state index contributed by atoms with van der Waals surface area (Å²) in [5.74, 6) is 0.136. The Bertz CT molecular complexity index is 539. The van der Waals surface area contributed by atoms with Gasteiger partial charge in [-0.3, -0.25) is 0 Å². The minimum Gasteiger partial charge on any atom is -0.495 e. The third kappa shape index (κ3) is 3.31. The molecule has 0 bridgehead atoms. The van der Waals surface area contributed by atoms with Crippen molar-refractivity contribution in [3.63, 3.8) is 0 Å². The average molecular weight is 304 g/mol. The van der Waals surface area contributed by atoms with E-state index in [1.807, 2.05) is 30.3 Å². The maximum atomic E-state index is 11.6. The van der Waals surface area contributed by atoms with Gasteiger partial charge in [0.1, 0.15) is 5.76 Å². The molecule has 22 heavy (non-hydrogen) atoms. The van der Waals surface area contributed by atoms with Gasteiger partial charge in [-0.2, -0.15) is 0 Å². The second-order valence-corrected chi connectivity index (χ2v) is 5.36. The van der Waals surface area contributed by atoms with E-state index in [1.165, 1.54) is 6.08 Å². The van der Waals surface area contributed by atoms with Crippen molar-refractivity contribution in [2.75, 3.05) is 13.2 Å². The third-order valence-corrected chi connectivity index (χ3v) is 3.67. The number of esters is 1. The first-order valence-electron chi connectivity index (χ1n) is 7.65. The molecular formula is C17H20O5. The van der Waals surface area contributed by atoms with E-state index in [1.54, 1.807) is 0 Å². The predicted molar refractivity (Wildman–Crippen MR) is 78.8 cm³/mol. The molecule has 0 spiro atoms. The topological polar surface area (TPSA) is 54.0 Å². The number of ether oxygens (including phenoxy) is 4. The summed E-state index contributed by atoms with van der Waals surface area (Å²) in [6.45, 7) is 2.95. The van der Waals surface area contributed by atoms with Crippen molar-refractivity contribution in [1.29, 1.82) is 0 Å². The Morgan fingerprint density at radius 1 is 1.27 bits per heavy atom. The molecule has 3 unspecified atom stereocenters. The lowest BCUT2D eigenvalue weighted by atomic mass is 10.1. The fourth-order valence-electron chi connectivity index (χ4n) is 2.50. The molecule has 0 radical (unpaired) electrons. The van der Waals surface area contributed by atoms with Crippen LogP contribution >= 0.6 is 0 Å². The van der Waals surface area contributed by atoms with E-state index in [0.29, 0.717) is 19.0 Å². The van der Waals surface area contributed by atoms with Crippen LogP contribution in [0.5, 0.6) is 0 Å². The summed E-state index contributed by atoms with van der Waals surface area (Å²) in [7, 11) is 0. The Kier molecular flexibility index (Phi) is 4.75. The van der Waals surface area contributed by atoms with Crippen LogP contribution in [0.2, 0.25) is 0 Å². The van der Waals surface area contributed by atoms with Crippen LogP contribution in [-0.2, 0) is 23.7 Å². The summed E-state index contributed by atoms with van der Waals surface area (Å²) in [6, 6.07) is 9.70. The van der Waals surface area contributed by atoms with Gasteiger partial charge in [-0.15, -0.1) is 0 Å². The van der Waals surface area contributed by atoms with Gasteiger partial charge in [-0.05, 0) is 6.42 Å². The van der Waals surface area contributed by atoms with E-state index in [9.17, 15) is 4.79 Å². The summed E-state index contributed by atoms with van der Waals surface area (Å²) in [5, 5.41) is 0. The van der Waals surface area contributed by atoms with Gasteiger partial charge in [-0.1, -0.05) is 43.7 Å². The van der Waals surface area contributed by atoms with Crippen LogP contribution in [0.4, 0.5) is 0 Å². The van der Waals surface area contributed by atoms with E-state index in [2.05, 4.69) is 6.92 Å². The highest BCUT2D eigenvalue weighted by atomic mass is 16.7. The third-order valence-electron chi connectivity index (χ3n) is 3.67. The molecule has 118 valence electrons. The maximum Gasteiger partial charge on any atom is 0.334 e. The normalized spacial score (nSPS) is 27.6. The quantitative estimate of drug-likeness (QED) is 0.618. The Morgan fingerprint density at radius 3 is 2.86 bits per heavy atom. The summed E-state index contributed by atoms with van der Waals surface area (Å²) < 4.78 is 22.6. The molecule has 0 aliphatic carbocycles. The number of unbranched alkanes of at least 4 members (excludes halogenated alkanes) is 1. The zero-order valence-corrected chi connectivity index (χ0v) is 12.6. The van der Waals surface area contributed by atoms with Crippen molar-refractivity contribution < 1.29 is 23.7 Å². The van der Waals surface area contributed by atoms with Gasteiger partial charge in [0, 0.05) is 5.56 Å². The summed E-state index contributed by atoms with van der Waals surface area (Å²) in [5.41, 5.74) is 0.936. The van der Waals surface area contributed by atoms with Crippen molar-refractivity contribution in [2.45, 2.75) is 38.3 Å². The smallest absolute Gasteiger partial charge is 0.334 e. The predicted octanol–water partition coefficient (Wildman–Crippen LogP) is 2.73. The summed E-state index contributed by atoms with van der Waals surface area (Å²) in [6.07, 6.45) is 2.01. The molecule has 1 saturated heterocycles. The first-order valence-corrected chi connectivity index (χ1v) is 7.65. The lowest BCUT2D eigenvalue weighted by Crippen LogP contribution is -2.47. The maximum absolute atomic E-state index is 11.6. The lowest BCUT2D eigenvalue weighted by molar-refractivity contribution is -0.262. The highest BCUT2D eigenvalue weighted by molar-refractivity contribution is 5.83. The number of benzene rings is 1. The van der Waals surface area contributed by atoms with Gasteiger partial charge in [-0.25, -0.2) is 4.79 Å². The zero-order valence-electron chi connectivity index (χ0n) is 12.6. The van der Waals surface area contributed by atoms with Gasteiger partial charge >= 0.3 is 5.97 Å². The van der Waals surface area contributed by atoms with Crippen molar-refractivity contribution >= 4 is 5.97 Å². The largest absolute Gasteiger partial charge is 0.495 e. The van der Waals surface area contributed by atoms with Gasteiger partial charge in [0.15, 0.2) is 18.5 Å².